The van der Waals surface area contributed by atoms with E-state index in [-0.39, 0.29) is 17.3 Å². The van der Waals surface area contributed by atoms with Crippen LogP contribution in [0.25, 0.3) is 6.08 Å². The van der Waals surface area contributed by atoms with Crippen LogP contribution < -0.4 is 21.1 Å². The molecule has 108 valence electrons. The van der Waals surface area contributed by atoms with Gasteiger partial charge in [-0.1, -0.05) is 12.1 Å². The van der Waals surface area contributed by atoms with E-state index >= 15 is 0 Å². The molecule has 1 heterocycles. The van der Waals surface area contributed by atoms with E-state index in [0.717, 1.165) is 0 Å². The number of benzene rings is 1. The first-order valence-corrected chi connectivity index (χ1v) is 6.26. The number of thiocarbonyl (C=S) groups is 1. The molecule has 7 nitrogen and oxygen atoms in total. The summed E-state index contributed by atoms with van der Waals surface area (Å²) in [5.74, 6) is -1.35. The van der Waals surface area contributed by atoms with E-state index in [1.807, 2.05) is 0 Å². The van der Waals surface area contributed by atoms with Crippen LogP contribution in [0.3, 0.4) is 0 Å². The first-order valence-electron chi connectivity index (χ1n) is 5.85. The third-order valence-corrected chi connectivity index (χ3v) is 2.70. The van der Waals surface area contributed by atoms with E-state index in [9.17, 15) is 14.4 Å². The van der Waals surface area contributed by atoms with Gasteiger partial charge in [0.05, 0.1) is 0 Å². The van der Waals surface area contributed by atoms with Crippen LogP contribution in [0.1, 0.15) is 5.56 Å². The third kappa shape index (κ3) is 3.86. The molecule has 0 aromatic heterocycles. The van der Waals surface area contributed by atoms with Crippen molar-refractivity contribution in [2.75, 3.05) is 6.61 Å². The van der Waals surface area contributed by atoms with Crippen molar-refractivity contribution in [1.29, 1.82) is 0 Å². The molecule has 1 fully saturated rings. The predicted octanol–water partition coefficient (Wildman–Crippen LogP) is -0.535. The lowest BCUT2D eigenvalue weighted by atomic mass is 10.1. The highest BCUT2D eigenvalue weighted by Gasteiger charge is 2.25. The van der Waals surface area contributed by atoms with Crippen LogP contribution in [0.2, 0.25) is 0 Å². The largest absolute Gasteiger partial charge is 0.484 e. The van der Waals surface area contributed by atoms with Crippen LogP contribution >= 0.6 is 12.2 Å². The number of primary amides is 1. The first-order chi connectivity index (χ1) is 9.95. The number of amides is 3. The second kappa shape index (κ2) is 6.14. The number of carbonyl (C=O) groups is 3. The van der Waals surface area contributed by atoms with Gasteiger partial charge in [-0.05, 0) is 36.0 Å². The molecule has 0 spiro atoms. The number of nitrogens with two attached hydrogens (primary N) is 1. The average molecular weight is 305 g/mol. The normalized spacial score (nSPS) is 14.3. The maximum absolute atomic E-state index is 11.7. The molecule has 1 aromatic carbocycles. The summed E-state index contributed by atoms with van der Waals surface area (Å²) in [6.45, 7) is -0.255. The van der Waals surface area contributed by atoms with Gasteiger partial charge in [-0.2, -0.15) is 0 Å². The van der Waals surface area contributed by atoms with Crippen LogP contribution in [-0.2, 0) is 14.4 Å². The van der Waals surface area contributed by atoms with Gasteiger partial charge in [0, 0.05) is 0 Å². The minimum atomic E-state index is -0.599. The zero-order valence-corrected chi connectivity index (χ0v) is 11.5. The van der Waals surface area contributed by atoms with Crippen molar-refractivity contribution in [1.82, 2.24) is 10.6 Å². The lowest BCUT2D eigenvalue weighted by Gasteiger charge is -2.16. The van der Waals surface area contributed by atoms with Crippen LogP contribution in [0.4, 0.5) is 0 Å². The van der Waals surface area contributed by atoms with Crippen LogP contribution in [0.15, 0.2) is 29.8 Å². The van der Waals surface area contributed by atoms with E-state index in [2.05, 4.69) is 10.6 Å². The van der Waals surface area contributed by atoms with Crippen LogP contribution in [0.5, 0.6) is 5.75 Å². The molecule has 1 saturated heterocycles. The summed E-state index contributed by atoms with van der Waals surface area (Å²) in [6.07, 6.45) is 1.39. The minimum absolute atomic E-state index is 0.0271. The highest BCUT2D eigenvalue weighted by molar-refractivity contribution is 7.80. The van der Waals surface area contributed by atoms with Crippen molar-refractivity contribution < 1.29 is 19.1 Å². The molecule has 0 radical (unpaired) electrons. The highest BCUT2D eigenvalue weighted by Crippen LogP contribution is 2.16. The maximum Gasteiger partial charge on any atom is 0.263 e. The molecule has 21 heavy (non-hydrogen) atoms. The van der Waals surface area contributed by atoms with Gasteiger partial charge in [0.25, 0.3) is 17.7 Å². The quantitative estimate of drug-likeness (QED) is 0.393. The zero-order chi connectivity index (χ0) is 15.4. The van der Waals surface area contributed by atoms with Gasteiger partial charge in [0.15, 0.2) is 11.7 Å². The predicted molar refractivity (Wildman–Crippen MR) is 78.0 cm³/mol. The number of hydrogen-bond donors (Lipinski definition) is 3. The lowest BCUT2D eigenvalue weighted by molar-refractivity contribution is -0.123. The van der Waals surface area contributed by atoms with Gasteiger partial charge in [-0.15, -0.1) is 0 Å². The Hall–Kier alpha value is -2.74. The molecule has 0 saturated carbocycles. The number of carbonyl (C=O) groups excluding carboxylic acids is 3. The summed E-state index contributed by atoms with van der Waals surface area (Å²) in [5, 5.41) is 4.64. The Morgan fingerprint density at radius 1 is 1.29 bits per heavy atom. The highest BCUT2D eigenvalue weighted by atomic mass is 32.1. The van der Waals surface area contributed by atoms with Gasteiger partial charge in [-0.3, -0.25) is 25.0 Å². The topological polar surface area (TPSA) is 111 Å². The van der Waals surface area contributed by atoms with Crippen molar-refractivity contribution in [3.63, 3.8) is 0 Å². The number of nitrogens with one attached hydrogen (secondary N) is 2. The lowest BCUT2D eigenvalue weighted by Crippen LogP contribution is -2.51. The van der Waals surface area contributed by atoms with E-state index in [0.29, 0.717) is 11.3 Å². The van der Waals surface area contributed by atoms with Gasteiger partial charge in [0.1, 0.15) is 11.3 Å². The van der Waals surface area contributed by atoms with Crippen LogP contribution in [0, 0.1) is 0 Å². The molecular formula is C13H11N3O4S. The Kier molecular flexibility index (Phi) is 4.29. The Labute approximate surface area is 125 Å². The molecule has 8 heteroatoms. The van der Waals surface area contributed by atoms with E-state index in [4.69, 9.17) is 22.7 Å². The summed E-state index contributed by atoms with van der Waals surface area (Å²) in [4.78, 5) is 34.1. The number of ether oxygens (including phenoxy) is 1. The van der Waals surface area contributed by atoms with Crippen molar-refractivity contribution in [2.24, 2.45) is 5.73 Å². The van der Waals surface area contributed by atoms with Gasteiger partial charge in [0.2, 0.25) is 0 Å². The Morgan fingerprint density at radius 2 is 1.95 bits per heavy atom. The molecule has 0 aliphatic carbocycles. The fourth-order valence-corrected chi connectivity index (χ4v) is 1.81. The van der Waals surface area contributed by atoms with Crippen molar-refractivity contribution in [3.05, 3.63) is 35.4 Å². The van der Waals surface area contributed by atoms with Gasteiger partial charge in [-0.25, -0.2) is 0 Å². The van der Waals surface area contributed by atoms with E-state index in [1.54, 1.807) is 24.3 Å². The smallest absolute Gasteiger partial charge is 0.263 e. The maximum atomic E-state index is 11.7. The summed E-state index contributed by atoms with van der Waals surface area (Å²) >= 11 is 4.70. The Morgan fingerprint density at radius 3 is 2.57 bits per heavy atom. The van der Waals surface area contributed by atoms with Crippen LogP contribution in [-0.4, -0.2) is 29.4 Å². The molecule has 0 atom stereocenters. The van der Waals surface area contributed by atoms with Gasteiger partial charge >= 0.3 is 0 Å². The number of rotatable bonds is 4. The Balaban J connectivity index is 2.22. The zero-order valence-electron chi connectivity index (χ0n) is 10.7. The standard InChI is InChI=1S/C13H11N3O4S/c14-10(17)6-20-8-3-1-2-7(4-8)5-9-11(18)15-13(21)16-12(9)19/h1-5H,6H2,(H2,14,17)(H2,15,16,18,19,21). The molecule has 1 aromatic rings. The van der Waals surface area contributed by atoms with E-state index < -0.39 is 17.7 Å². The molecular weight excluding hydrogens is 294 g/mol. The second-order valence-corrected chi connectivity index (χ2v) is 4.53. The fourth-order valence-electron chi connectivity index (χ4n) is 1.62. The van der Waals surface area contributed by atoms with Gasteiger partial charge < -0.3 is 10.5 Å². The first kappa shape index (κ1) is 14.7. The van der Waals surface area contributed by atoms with Crippen molar-refractivity contribution >= 4 is 41.1 Å². The molecule has 0 bridgehead atoms. The average Bonchev–Trinajstić information content (AvgIpc) is 2.41. The molecule has 4 N–H and O–H groups in total. The molecule has 3 amide bonds. The monoisotopic (exact) mass is 305 g/mol. The summed E-state index contributed by atoms with van der Waals surface area (Å²) < 4.78 is 5.14. The molecule has 1 aliphatic heterocycles. The number of hydrogen-bond acceptors (Lipinski definition) is 5. The molecule has 0 unspecified atom stereocenters. The van der Waals surface area contributed by atoms with E-state index in [1.165, 1.54) is 6.08 Å². The molecule has 1 aliphatic rings. The SMILES string of the molecule is NC(=O)COc1cccc(C=C2C(=O)NC(=S)NC2=O)c1. The van der Waals surface area contributed by atoms with Crippen molar-refractivity contribution in [2.45, 2.75) is 0 Å². The minimum Gasteiger partial charge on any atom is -0.484 e. The summed E-state index contributed by atoms with van der Waals surface area (Å²) in [7, 11) is 0. The fraction of sp³-hybridized carbons (Fsp3) is 0.0769. The summed E-state index contributed by atoms with van der Waals surface area (Å²) in [5.41, 5.74) is 5.47. The second-order valence-electron chi connectivity index (χ2n) is 4.12. The Bertz CT molecular complexity index is 647. The van der Waals surface area contributed by atoms with Crippen molar-refractivity contribution in [3.8, 4) is 5.75 Å². The third-order valence-electron chi connectivity index (χ3n) is 2.49. The summed E-state index contributed by atoms with van der Waals surface area (Å²) in [6, 6.07) is 6.54. The molecule has 2 rings (SSSR count).